The Morgan fingerprint density at radius 3 is 2.09 bits per heavy atom. The number of aryl methyl sites for hydroxylation is 3. The fourth-order valence-corrected chi connectivity index (χ4v) is 4.17. The number of ether oxygens (including phenoxy) is 2. The molecule has 180 valence electrons. The highest BCUT2D eigenvalue weighted by atomic mass is 16.5. The number of pyridine rings is 1. The first-order chi connectivity index (χ1) is 16.8. The Balaban J connectivity index is 1.77. The van der Waals surface area contributed by atoms with Crippen LogP contribution in [0.2, 0.25) is 0 Å². The third-order valence-electron chi connectivity index (χ3n) is 6.26. The summed E-state index contributed by atoms with van der Waals surface area (Å²) in [6.07, 6.45) is 0. The molecule has 0 aliphatic rings. The van der Waals surface area contributed by atoms with Crippen molar-refractivity contribution in [1.82, 2.24) is 9.88 Å². The molecule has 0 saturated carbocycles. The molecule has 0 bridgehead atoms. The first-order valence-corrected chi connectivity index (χ1v) is 11.5. The molecule has 0 fully saturated rings. The van der Waals surface area contributed by atoms with E-state index in [1.807, 2.05) is 63.2 Å². The third kappa shape index (κ3) is 5.22. The van der Waals surface area contributed by atoms with Crippen molar-refractivity contribution in [3.63, 3.8) is 0 Å². The zero-order chi connectivity index (χ0) is 25.1. The highest BCUT2D eigenvalue weighted by Gasteiger charge is 2.20. The molecule has 1 amide bonds. The smallest absolute Gasteiger partial charge is 0.254 e. The number of H-pyrrole nitrogens is 1. The predicted molar refractivity (Wildman–Crippen MR) is 138 cm³/mol. The summed E-state index contributed by atoms with van der Waals surface area (Å²) in [6.45, 7) is 6.52. The van der Waals surface area contributed by atoms with Crippen LogP contribution in [0.25, 0.3) is 10.9 Å². The first-order valence-electron chi connectivity index (χ1n) is 11.5. The fraction of sp³-hybridized carbons (Fsp3) is 0.241. The number of rotatable bonds is 7. The van der Waals surface area contributed by atoms with Crippen molar-refractivity contribution in [3.05, 3.63) is 104 Å². The summed E-state index contributed by atoms with van der Waals surface area (Å²) in [4.78, 5) is 31.5. The van der Waals surface area contributed by atoms with Crippen LogP contribution in [0, 0.1) is 20.8 Å². The molecule has 4 aromatic rings. The number of benzene rings is 3. The second-order valence-electron chi connectivity index (χ2n) is 8.86. The topological polar surface area (TPSA) is 71.6 Å². The van der Waals surface area contributed by atoms with Gasteiger partial charge in [-0.1, -0.05) is 42.0 Å². The van der Waals surface area contributed by atoms with Gasteiger partial charge in [-0.3, -0.25) is 9.59 Å². The molecule has 1 N–H and O–H groups in total. The van der Waals surface area contributed by atoms with Gasteiger partial charge in [0.15, 0.2) is 0 Å². The molecule has 1 heterocycles. The van der Waals surface area contributed by atoms with E-state index in [4.69, 9.17) is 9.47 Å². The molecule has 6 heteroatoms. The average Bonchev–Trinajstić information content (AvgIpc) is 2.87. The maximum atomic E-state index is 13.8. The summed E-state index contributed by atoms with van der Waals surface area (Å²) < 4.78 is 10.7. The maximum absolute atomic E-state index is 13.8. The number of aromatic nitrogens is 1. The minimum atomic E-state index is -0.219. The van der Waals surface area contributed by atoms with E-state index >= 15 is 0 Å². The van der Waals surface area contributed by atoms with Crippen LogP contribution in [0.5, 0.6) is 11.5 Å². The Labute approximate surface area is 205 Å². The number of carbonyl (C=O) groups is 1. The lowest BCUT2D eigenvalue weighted by Gasteiger charge is -2.24. The lowest BCUT2D eigenvalue weighted by Crippen LogP contribution is -2.32. The van der Waals surface area contributed by atoms with Gasteiger partial charge in [0.1, 0.15) is 11.5 Å². The van der Waals surface area contributed by atoms with E-state index in [0.29, 0.717) is 29.2 Å². The van der Waals surface area contributed by atoms with Gasteiger partial charge in [0.05, 0.1) is 26.3 Å². The molecule has 0 radical (unpaired) electrons. The van der Waals surface area contributed by atoms with E-state index in [1.54, 1.807) is 37.3 Å². The first kappa shape index (κ1) is 24.1. The van der Waals surface area contributed by atoms with Crippen LogP contribution in [0.3, 0.4) is 0 Å². The highest BCUT2D eigenvalue weighted by Crippen LogP contribution is 2.25. The van der Waals surface area contributed by atoms with Crippen LogP contribution in [-0.4, -0.2) is 30.0 Å². The summed E-state index contributed by atoms with van der Waals surface area (Å²) in [5.41, 5.74) is 5.77. The van der Waals surface area contributed by atoms with E-state index in [0.717, 1.165) is 33.2 Å². The van der Waals surface area contributed by atoms with E-state index in [9.17, 15) is 9.59 Å². The molecule has 6 nitrogen and oxygen atoms in total. The quantitative estimate of drug-likeness (QED) is 0.397. The van der Waals surface area contributed by atoms with Crippen LogP contribution in [0.4, 0.5) is 0 Å². The number of aromatic amines is 1. The molecule has 4 rings (SSSR count). The number of nitrogens with one attached hydrogen (secondary N) is 1. The van der Waals surface area contributed by atoms with Crippen molar-refractivity contribution < 1.29 is 14.3 Å². The molecular weight excluding hydrogens is 440 g/mol. The van der Waals surface area contributed by atoms with Crippen LogP contribution in [-0.2, 0) is 13.1 Å². The zero-order valence-corrected chi connectivity index (χ0v) is 20.8. The summed E-state index contributed by atoms with van der Waals surface area (Å²) in [7, 11) is 3.10. The van der Waals surface area contributed by atoms with E-state index in [-0.39, 0.29) is 18.0 Å². The molecule has 35 heavy (non-hydrogen) atoms. The Kier molecular flexibility index (Phi) is 6.92. The van der Waals surface area contributed by atoms with Gasteiger partial charge in [-0.15, -0.1) is 0 Å². The van der Waals surface area contributed by atoms with Crippen LogP contribution in [0.15, 0.2) is 65.5 Å². The molecule has 3 aromatic carbocycles. The van der Waals surface area contributed by atoms with Gasteiger partial charge >= 0.3 is 0 Å². The second kappa shape index (κ2) is 10.1. The van der Waals surface area contributed by atoms with E-state index < -0.39 is 0 Å². The van der Waals surface area contributed by atoms with Gasteiger partial charge in [-0.05, 0) is 55.7 Å². The van der Waals surface area contributed by atoms with Crippen LogP contribution in [0.1, 0.15) is 38.2 Å². The number of fused-ring (bicyclic) bond motifs is 1. The van der Waals surface area contributed by atoms with Gasteiger partial charge in [0.2, 0.25) is 0 Å². The Hall–Kier alpha value is -4.06. The SMILES string of the molecule is COc1cc(OC)cc(C(=O)N(Cc2ccc(C)cc2)Cc2cc3c(C)ccc(C)c3[nH]c2=O)c1. The van der Waals surface area contributed by atoms with Gasteiger partial charge in [-0.2, -0.15) is 0 Å². The van der Waals surface area contributed by atoms with Crippen molar-refractivity contribution in [2.24, 2.45) is 0 Å². The van der Waals surface area contributed by atoms with Crippen molar-refractivity contribution >= 4 is 16.8 Å². The largest absolute Gasteiger partial charge is 0.497 e. The lowest BCUT2D eigenvalue weighted by atomic mass is 10.0. The summed E-state index contributed by atoms with van der Waals surface area (Å²) >= 11 is 0. The minimum Gasteiger partial charge on any atom is -0.497 e. The normalized spacial score (nSPS) is 10.9. The Bertz CT molecular complexity index is 1420. The van der Waals surface area contributed by atoms with Crippen molar-refractivity contribution in [2.45, 2.75) is 33.9 Å². The van der Waals surface area contributed by atoms with Crippen molar-refractivity contribution in [2.75, 3.05) is 14.2 Å². The number of amides is 1. The molecule has 0 aliphatic carbocycles. The summed E-state index contributed by atoms with van der Waals surface area (Å²) in [6, 6.07) is 19.1. The van der Waals surface area contributed by atoms with Crippen molar-refractivity contribution in [1.29, 1.82) is 0 Å². The highest BCUT2D eigenvalue weighted by molar-refractivity contribution is 5.95. The lowest BCUT2D eigenvalue weighted by molar-refractivity contribution is 0.0728. The maximum Gasteiger partial charge on any atom is 0.254 e. The monoisotopic (exact) mass is 470 g/mol. The predicted octanol–water partition coefficient (Wildman–Crippen LogP) is 5.31. The van der Waals surface area contributed by atoms with Crippen LogP contribution < -0.4 is 15.0 Å². The van der Waals surface area contributed by atoms with E-state index in [2.05, 4.69) is 4.98 Å². The molecule has 0 unspecified atom stereocenters. The number of hydrogen-bond donors (Lipinski definition) is 1. The number of methoxy groups -OCH3 is 2. The van der Waals surface area contributed by atoms with E-state index in [1.165, 1.54) is 0 Å². The number of nitrogens with zero attached hydrogens (tertiary/aromatic N) is 1. The van der Waals surface area contributed by atoms with Gasteiger partial charge in [0.25, 0.3) is 11.5 Å². The molecule has 0 aliphatic heterocycles. The zero-order valence-electron chi connectivity index (χ0n) is 20.8. The standard InChI is InChI=1S/C29H30N2O4/c1-18-6-10-21(11-7-18)16-31(29(33)22-12-24(34-4)15-25(13-22)35-5)17-23-14-26-19(2)8-9-20(3)27(26)30-28(23)32/h6-15H,16-17H2,1-5H3,(H,30,32). The van der Waals surface area contributed by atoms with Crippen LogP contribution >= 0.6 is 0 Å². The second-order valence-corrected chi connectivity index (χ2v) is 8.86. The molecule has 0 atom stereocenters. The molecule has 0 spiro atoms. The van der Waals surface area contributed by atoms with Gasteiger partial charge < -0.3 is 19.4 Å². The molecular formula is C29H30N2O4. The Morgan fingerprint density at radius 1 is 0.829 bits per heavy atom. The van der Waals surface area contributed by atoms with Gasteiger partial charge in [-0.25, -0.2) is 0 Å². The average molecular weight is 471 g/mol. The number of carbonyl (C=O) groups excluding carboxylic acids is 1. The van der Waals surface area contributed by atoms with Crippen molar-refractivity contribution in [3.8, 4) is 11.5 Å². The minimum absolute atomic E-state index is 0.158. The number of hydrogen-bond acceptors (Lipinski definition) is 4. The summed E-state index contributed by atoms with van der Waals surface area (Å²) in [5, 5.41) is 0.977. The molecule has 0 saturated heterocycles. The third-order valence-corrected chi connectivity index (χ3v) is 6.26. The fourth-order valence-electron chi connectivity index (χ4n) is 4.17. The van der Waals surface area contributed by atoms with Gasteiger partial charge in [0, 0.05) is 29.1 Å². The molecule has 1 aromatic heterocycles. The Morgan fingerprint density at radius 2 is 1.46 bits per heavy atom. The summed E-state index contributed by atoms with van der Waals surface area (Å²) in [5.74, 6) is 0.832.